The van der Waals surface area contributed by atoms with Gasteiger partial charge in [0.25, 0.3) is 0 Å². The molecular weight excluding hydrogens is 879 g/mol. The van der Waals surface area contributed by atoms with E-state index < -0.39 is 12.1 Å². The van der Waals surface area contributed by atoms with Gasteiger partial charge in [-0.3, -0.25) is 4.79 Å². The molecule has 4 nitrogen and oxygen atoms in total. The standard InChI is InChI=1S/C68H125NO3/c1-3-5-7-9-11-13-15-17-19-21-23-25-26-27-28-29-30-31-32-33-34-35-36-37-38-39-40-41-42-44-46-48-50-52-54-56-58-60-62-64-68(72)69-66(65-70)67(71)63-61-59-57-55-53-51-49-47-45-43-24-22-20-18-16-14-12-10-8-6-4-2/h15,17,21,23,26-27,45,47,53,55,61,63,66-67,70-71H,3-14,16,18-20,22,24-25,28-44,46,48-52,54,56-60,62,64-65H2,1-2H3,(H,69,72)/b17-15-,23-21-,27-26-,47-45+,55-53+,63-61+. The molecule has 0 aromatic rings. The van der Waals surface area contributed by atoms with Crippen LogP contribution >= 0.6 is 0 Å². The normalized spacial score (nSPS) is 13.2. The molecule has 1 amide bonds. The molecule has 0 spiro atoms. The number of hydrogen-bond donors (Lipinski definition) is 3. The number of hydrogen-bond acceptors (Lipinski definition) is 3. The average Bonchev–Trinajstić information content (AvgIpc) is 3.39. The molecule has 2 atom stereocenters. The van der Waals surface area contributed by atoms with Crippen LogP contribution < -0.4 is 5.32 Å². The van der Waals surface area contributed by atoms with Gasteiger partial charge in [-0.05, 0) is 83.5 Å². The number of unbranched alkanes of at least 4 members (excludes halogenated alkanes) is 42. The zero-order valence-corrected chi connectivity index (χ0v) is 48.4. The highest BCUT2D eigenvalue weighted by Gasteiger charge is 2.18. The van der Waals surface area contributed by atoms with E-state index in [4.69, 9.17) is 0 Å². The molecule has 0 saturated carbocycles. The quantitative estimate of drug-likeness (QED) is 0.0420. The summed E-state index contributed by atoms with van der Waals surface area (Å²) in [4.78, 5) is 12.5. The summed E-state index contributed by atoms with van der Waals surface area (Å²) in [6, 6.07) is -0.647. The van der Waals surface area contributed by atoms with Gasteiger partial charge < -0.3 is 15.5 Å². The summed E-state index contributed by atoms with van der Waals surface area (Å²) in [6.45, 7) is 4.30. The number of nitrogens with one attached hydrogen (secondary N) is 1. The van der Waals surface area contributed by atoms with Crippen molar-refractivity contribution in [2.24, 2.45) is 0 Å². The van der Waals surface area contributed by atoms with Gasteiger partial charge in [0.15, 0.2) is 0 Å². The summed E-state index contributed by atoms with van der Waals surface area (Å²) in [5.41, 5.74) is 0. The maximum Gasteiger partial charge on any atom is 0.220 e. The van der Waals surface area contributed by atoms with Gasteiger partial charge in [0.2, 0.25) is 5.91 Å². The Hall–Kier alpha value is -2.17. The van der Waals surface area contributed by atoms with Gasteiger partial charge >= 0.3 is 0 Å². The Bertz CT molecular complexity index is 1230. The van der Waals surface area contributed by atoms with Crippen molar-refractivity contribution < 1.29 is 15.0 Å². The second kappa shape index (κ2) is 63.1. The van der Waals surface area contributed by atoms with Crippen molar-refractivity contribution in [2.45, 2.75) is 347 Å². The first kappa shape index (κ1) is 69.8. The van der Waals surface area contributed by atoms with E-state index in [1.165, 1.54) is 263 Å². The van der Waals surface area contributed by atoms with Crippen LogP contribution in [0.1, 0.15) is 335 Å². The lowest BCUT2D eigenvalue weighted by molar-refractivity contribution is -0.123. The molecule has 72 heavy (non-hydrogen) atoms. The van der Waals surface area contributed by atoms with Crippen LogP contribution in [0.4, 0.5) is 0 Å². The number of aliphatic hydroxyl groups excluding tert-OH is 2. The maximum absolute atomic E-state index is 12.5. The third-order valence-corrected chi connectivity index (χ3v) is 14.6. The van der Waals surface area contributed by atoms with Crippen LogP contribution in [0.5, 0.6) is 0 Å². The minimum atomic E-state index is -0.872. The first-order valence-electron chi connectivity index (χ1n) is 32.2. The summed E-state index contributed by atoms with van der Waals surface area (Å²) >= 11 is 0. The van der Waals surface area contributed by atoms with Gasteiger partial charge in [-0.2, -0.15) is 0 Å². The van der Waals surface area contributed by atoms with Crippen LogP contribution in [0.2, 0.25) is 0 Å². The number of rotatable bonds is 59. The Labute approximate surface area is 450 Å². The molecule has 0 saturated heterocycles. The van der Waals surface area contributed by atoms with Crippen LogP contribution in [0.3, 0.4) is 0 Å². The van der Waals surface area contributed by atoms with E-state index in [9.17, 15) is 15.0 Å². The lowest BCUT2D eigenvalue weighted by Gasteiger charge is -2.19. The van der Waals surface area contributed by atoms with Gasteiger partial charge in [0, 0.05) is 6.42 Å². The van der Waals surface area contributed by atoms with Gasteiger partial charge in [-0.15, -0.1) is 0 Å². The SMILES string of the molecule is CCCCCCC/C=C\C/C=C\C/C=C\CCCCCCCCCCCCCCCCCCCCCCCCCCC(=O)NC(CO)C(O)/C=C/CC/C=C/CC/C=C/CCCCCCCCCCCCC. The molecule has 0 aliphatic heterocycles. The van der Waals surface area contributed by atoms with E-state index in [0.29, 0.717) is 6.42 Å². The highest BCUT2D eigenvalue weighted by Crippen LogP contribution is 2.17. The van der Waals surface area contributed by atoms with Crippen molar-refractivity contribution in [3.05, 3.63) is 72.9 Å². The summed E-state index contributed by atoms with van der Waals surface area (Å²) in [5.74, 6) is -0.0736. The minimum absolute atomic E-state index is 0.0736. The van der Waals surface area contributed by atoms with E-state index in [-0.39, 0.29) is 12.5 Å². The van der Waals surface area contributed by atoms with Crippen LogP contribution in [-0.4, -0.2) is 34.9 Å². The third kappa shape index (κ3) is 58.7. The topological polar surface area (TPSA) is 69.6 Å². The molecule has 2 unspecified atom stereocenters. The van der Waals surface area contributed by atoms with Gasteiger partial charge in [-0.1, -0.05) is 318 Å². The molecule has 420 valence electrons. The molecule has 0 bridgehead atoms. The molecular formula is C68H125NO3. The number of amides is 1. The summed E-state index contributed by atoms with van der Waals surface area (Å²) in [6.07, 6.45) is 91.1. The molecule has 0 aromatic carbocycles. The number of aliphatic hydroxyl groups is 2. The summed E-state index contributed by atoms with van der Waals surface area (Å²) in [5, 5.41) is 23.2. The summed E-state index contributed by atoms with van der Waals surface area (Å²) in [7, 11) is 0. The molecule has 0 aliphatic rings. The Kier molecular flexibility index (Phi) is 61.2. The first-order chi connectivity index (χ1) is 35.7. The van der Waals surface area contributed by atoms with Crippen LogP contribution in [-0.2, 0) is 4.79 Å². The van der Waals surface area contributed by atoms with E-state index >= 15 is 0 Å². The van der Waals surface area contributed by atoms with Crippen LogP contribution in [0.25, 0.3) is 0 Å². The highest BCUT2D eigenvalue weighted by molar-refractivity contribution is 5.76. The van der Waals surface area contributed by atoms with Crippen LogP contribution in [0.15, 0.2) is 72.9 Å². The second-order valence-corrected chi connectivity index (χ2v) is 21.8. The van der Waals surface area contributed by atoms with E-state index in [1.807, 2.05) is 6.08 Å². The van der Waals surface area contributed by atoms with E-state index in [2.05, 4.69) is 79.9 Å². The molecule has 0 heterocycles. The largest absolute Gasteiger partial charge is 0.394 e. The zero-order valence-electron chi connectivity index (χ0n) is 48.4. The second-order valence-electron chi connectivity index (χ2n) is 21.8. The first-order valence-corrected chi connectivity index (χ1v) is 32.2. The molecule has 0 radical (unpaired) electrons. The third-order valence-electron chi connectivity index (χ3n) is 14.6. The molecule has 0 rings (SSSR count). The Morgan fingerprint density at radius 1 is 0.333 bits per heavy atom. The molecule has 0 aromatic heterocycles. The van der Waals surface area contributed by atoms with Crippen molar-refractivity contribution in [1.29, 1.82) is 0 Å². The fourth-order valence-corrected chi connectivity index (χ4v) is 9.75. The Morgan fingerprint density at radius 3 is 0.903 bits per heavy atom. The number of allylic oxidation sites excluding steroid dienone is 11. The molecule has 0 aliphatic carbocycles. The van der Waals surface area contributed by atoms with Crippen molar-refractivity contribution in [2.75, 3.05) is 6.61 Å². The van der Waals surface area contributed by atoms with Crippen LogP contribution in [0, 0.1) is 0 Å². The Morgan fingerprint density at radius 2 is 0.583 bits per heavy atom. The van der Waals surface area contributed by atoms with Gasteiger partial charge in [-0.25, -0.2) is 0 Å². The lowest BCUT2D eigenvalue weighted by Crippen LogP contribution is -2.45. The predicted molar refractivity (Wildman–Crippen MR) is 322 cm³/mol. The highest BCUT2D eigenvalue weighted by atomic mass is 16.3. The average molecular weight is 1000 g/mol. The predicted octanol–water partition coefficient (Wildman–Crippen LogP) is 21.7. The minimum Gasteiger partial charge on any atom is -0.394 e. The van der Waals surface area contributed by atoms with Crippen molar-refractivity contribution in [3.63, 3.8) is 0 Å². The molecule has 4 heteroatoms. The number of carbonyl (C=O) groups is 1. The van der Waals surface area contributed by atoms with E-state index in [1.54, 1.807) is 6.08 Å². The van der Waals surface area contributed by atoms with E-state index in [0.717, 1.165) is 51.4 Å². The fraction of sp³-hybridized carbons (Fsp3) is 0.809. The van der Waals surface area contributed by atoms with Gasteiger partial charge in [0.1, 0.15) is 0 Å². The summed E-state index contributed by atoms with van der Waals surface area (Å²) < 4.78 is 0. The monoisotopic (exact) mass is 1000 g/mol. The van der Waals surface area contributed by atoms with Crippen molar-refractivity contribution >= 4 is 5.91 Å². The zero-order chi connectivity index (χ0) is 52.0. The molecule has 0 fully saturated rings. The fourth-order valence-electron chi connectivity index (χ4n) is 9.75. The number of carbonyl (C=O) groups excluding carboxylic acids is 1. The molecule has 3 N–H and O–H groups in total. The lowest BCUT2D eigenvalue weighted by atomic mass is 10.0. The van der Waals surface area contributed by atoms with Crippen molar-refractivity contribution in [3.8, 4) is 0 Å². The maximum atomic E-state index is 12.5. The van der Waals surface area contributed by atoms with Gasteiger partial charge in [0.05, 0.1) is 18.8 Å². The Balaban J connectivity index is 3.47. The van der Waals surface area contributed by atoms with Crippen molar-refractivity contribution in [1.82, 2.24) is 5.32 Å². The smallest absolute Gasteiger partial charge is 0.220 e.